The number of aromatic nitrogens is 4. The van der Waals surface area contributed by atoms with E-state index in [1.54, 1.807) is 12.3 Å². The van der Waals surface area contributed by atoms with E-state index in [2.05, 4.69) is 61.8 Å². The van der Waals surface area contributed by atoms with Gasteiger partial charge in [-0.15, -0.1) is 0 Å². The van der Waals surface area contributed by atoms with Gasteiger partial charge in [-0.25, -0.2) is 9.97 Å². The highest BCUT2D eigenvalue weighted by Gasteiger charge is 2.32. The molecule has 1 aliphatic rings. The van der Waals surface area contributed by atoms with Crippen LogP contribution >= 0.6 is 0 Å². The molecule has 1 fully saturated rings. The summed E-state index contributed by atoms with van der Waals surface area (Å²) in [5, 5.41) is 6.03. The van der Waals surface area contributed by atoms with Crippen LogP contribution < -0.4 is 10.6 Å². The van der Waals surface area contributed by atoms with Crippen molar-refractivity contribution in [2.24, 2.45) is 5.92 Å². The zero-order valence-corrected chi connectivity index (χ0v) is 21.2. The van der Waals surface area contributed by atoms with Crippen LogP contribution in [0.2, 0.25) is 0 Å². The molecule has 4 aromatic rings. The second-order valence-corrected chi connectivity index (χ2v) is 8.88. The lowest BCUT2D eigenvalue weighted by atomic mass is 9.99. The molecular formula is C28H25F3N6O2. The highest BCUT2D eigenvalue weighted by Crippen LogP contribution is 2.31. The number of nitrogens with one attached hydrogen (secondary N) is 2. The number of nitrogens with zero attached hydrogens (tertiary/aromatic N) is 4. The number of benzene rings is 1. The Labute approximate surface area is 222 Å². The molecule has 3 heterocycles. The third kappa shape index (κ3) is 7.22. The zero-order chi connectivity index (χ0) is 28.0. The Morgan fingerprint density at radius 2 is 1.77 bits per heavy atom. The Morgan fingerprint density at radius 3 is 2.46 bits per heavy atom. The third-order valence-electron chi connectivity index (χ3n) is 5.95. The number of alkyl halides is 3. The Kier molecular flexibility index (Phi) is 8.28. The molecule has 200 valence electrons. The summed E-state index contributed by atoms with van der Waals surface area (Å²) in [6.07, 6.45) is 3.82. The summed E-state index contributed by atoms with van der Waals surface area (Å²) in [7, 11) is 1.90. The van der Waals surface area contributed by atoms with Crippen LogP contribution in [0, 0.1) is 12.8 Å². The SMILES string of the molecule is CNc1ccc(C)c(-c2cncc(-c3cc(NC(=O)C4CC4)ncn3)c2)c1.O=Cc1ccnc(C(F)(F)F)c1. The van der Waals surface area contributed by atoms with Gasteiger partial charge in [-0.2, -0.15) is 13.2 Å². The number of rotatable bonds is 6. The summed E-state index contributed by atoms with van der Waals surface area (Å²) < 4.78 is 35.8. The first kappa shape index (κ1) is 27.4. The van der Waals surface area contributed by atoms with Crippen LogP contribution in [0.15, 0.2) is 67.4 Å². The van der Waals surface area contributed by atoms with Crippen molar-refractivity contribution in [1.82, 2.24) is 19.9 Å². The van der Waals surface area contributed by atoms with E-state index >= 15 is 0 Å². The van der Waals surface area contributed by atoms with Crippen molar-refractivity contribution in [1.29, 1.82) is 0 Å². The number of halogens is 3. The average Bonchev–Trinajstić information content (AvgIpc) is 3.80. The molecular weight excluding hydrogens is 509 g/mol. The molecule has 2 N–H and O–H groups in total. The van der Waals surface area contributed by atoms with E-state index in [0.717, 1.165) is 47.1 Å². The van der Waals surface area contributed by atoms with E-state index in [1.807, 2.05) is 13.2 Å². The maximum Gasteiger partial charge on any atom is 0.433 e. The molecule has 0 saturated heterocycles. The lowest BCUT2D eigenvalue weighted by Gasteiger charge is -2.10. The van der Waals surface area contributed by atoms with Gasteiger partial charge >= 0.3 is 6.18 Å². The van der Waals surface area contributed by atoms with Crippen LogP contribution in [-0.2, 0) is 11.0 Å². The van der Waals surface area contributed by atoms with E-state index in [9.17, 15) is 22.8 Å². The second kappa shape index (κ2) is 11.8. The fourth-order valence-electron chi connectivity index (χ4n) is 3.65. The van der Waals surface area contributed by atoms with Gasteiger partial charge in [-0.3, -0.25) is 19.6 Å². The monoisotopic (exact) mass is 534 g/mol. The molecule has 0 unspecified atom stereocenters. The first-order valence-electron chi connectivity index (χ1n) is 12.0. The summed E-state index contributed by atoms with van der Waals surface area (Å²) in [6, 6.07) is 12.0. The second-order valence-electron chi connectivity index (χ2n) is 8.88. The lowest BCUT2D eigenvalue weighted by Crippen LogP contribution is -2.14. The number of aldehydes is 1. The lowest BCUT2D eigenvalue weighted by molar-refractivity contribution is -0.141. The molecule has 1 saturated carbocycles. The Balaban J connectivity index is 0.000000247. The molecule has 11 heteroatoms. The fraction of sp³-hybridized carbons (Fsp3) is 0.214. The molecule has 0 atom stereocenters. The minimum Gasteiger partial charge on any atom is -0.388 e. The molecule has 3 aromatic heterocycles. The van der Waals surface area contributed by atoms with Crippen molar-refractivity contribution in [2.75, 3.05) is 17.7 Å². The Morgan fingerprint density at radius 1 is 1.00 bits per heavy atom. The van der Waals surface area contributed by atoms with Gasteiger partial charge in [0.1, 0.15) is 24.1 Å². The number of anilines is 2. The molecule has 1 aliphatic carbocycles. The van der Waals surface area contributed by atoms with Gasteiger partial charge in [-0.05, 0) is 61.2 Å². The molecule has 0 aliphatic heterocycles. The average molecular weight is 535 g/mol. The maximum absolute atomic E-state index is 12.0. The van der Waals surface area contributed by atoms with Crippen molar-refractivity contribution in [3.05, 3.63) is 84.2 Å². The van der Waals surface area contributed by atoms with Gasteiger partial charge in [0.25, 0.3) is 0 Å². The van der Waals surface area contributed by atoms with Crippen molar-refractivity contribution in [3.63, 3.8) is 0 Å². The van der Waals surface area contributed by atoms with Crippen molar-refractivity contribution < 1.29 is 22.8 Å². The summed E-state index contributed by atoms with van der Waals surface area (Å²) in [6.45, 7) is 2.08. The van der Waals surface area contributed by atoms with Crippen LogP contribution in [0.4, 0.5) is 24.7 Å². The minimum atomic E-state index is -4.49. The molecule has 5 rings (SSSR count). The number of carbonyl (C=O) groups is 2. The largest absolute Gasteiger partial charge is 0.433 e. The molecule has 0 bridgehead atoms. The van der Waals surface area contributed by atoms with Crippen molar-refractivity contribution in [3.8, 4) is 22.4 Å². The number of aryl methyl sites for hydroxylation is 1. The van der Waals surface area contributed by atoms with Crippen LogP contribution in [0.1, 0.15) is 34.5 Å². The molecule has 1 amide bonds. The smallest absolute Gasteiger partial charge is 0.388 e. The standard InChI is InChI=1S/C21H21N5O.C7H4F3NO/c1-13-3-6-17(22-2)8-18(13)15-7-16(11-23-10-15)19-9-20(25-12-24-19)26-21(27)14-4-5-14;8-7(9,10)6-3-5(4-12)1-2-11-6/h3,6-12,14,22H,4-5H2,1-2H3,(H,24,25,26,27);1-4H. The molecule has 39 heavy (non-hydrogen) atoms. The summed E-state index contributed by atoms with van der Waals surface area (Å²) in [4.78, 5) is 38.0. The summed E-state index contributed by atoms with van der Waals surface area (Å²) >= 11 is 0. The van der Waals surface area contributed by atoms with Crippen molar-refractivity contribution >= 4 is 23.7 Å². The molecule has 8 nitrogen and oxygen atoms in total. The quantitative estimate of drug-likeness (QED) is 0.300. The summed E-state index contributed by atoms with van der Waals surface area (Å²) in [5.41, 5.74) is 4.89. The summed E-state index contributed by atoms with van der Waals surface area (Å²) in [5.74, 6) is 0.692. The van der Waals surface area contributed by atoms with Gasteiger partial charge in [0.15, 0.2) is 0 Å². The van der Waals surface area contributed by atoms with Gasteiger partial charge in [0.05, 0.1) is 5.69 Å². The highest BCUT2D eigenvalue weighted by atomic mass is 19.4. The number of amides is 1. The van der Waals surface area contributed by atoms with Crippen LogP contribution in [0.5, 0.6) is 0 Å². The molecule has 0 radical (unpaired) electrons. The fourth-order valence-corrected chi connectivity index (χ4v) is 3.65. The van der Waals surface area contributed by atoms with Gasteiger partial charge in [0, 0.05) is 60.0 Å². The number of carbonyl (C=O) groups excluding carboxylic acids is 2. The minimum absolute atomic E-state index is 0.0303. The first-order chi connectivity index (χ1) is 18.7. The normalized spacial score (nSPS) is 12.6. The van der Waals surface area contributed by atoms with E-state index in [-0.39, 0.29) is 17.4 Å². The Bertz CT molecular complexity index is 1490. The van der Waals surface area contributed by atoms with E-state index in [4.69, 9.17) is 0 Å². The number of hydrogen-bond donors (Lipinski definition) is 2. The highest BCUT2D eigenvalue weighted by molar-refractivity contribution is 5.93. The van der Waals surface area contributed by atoms with Crippen LogP contribution in [-0.4, -0.2) is 39.2 Å². The molecule has 0 spiro atoms. The van der Waals surface area contributed by atoms with Gasteiger partial charge in [0.2, 0.25) is 5.91 Å². The maximum atomic E-state index is 12.0. The topological polar surface area (TPSA) is 110 Å². The van der Waals surface area contributed by atoms with Crippen LogP contribution in [0.3, 0.4) is 0 Å². The predicted octanol–water partition coefficient (Wildman–Crippen LogP) is 5.82. The first-order valence-corrected chi connectivity index (χ1v) is 12.0. The molecule has 1 aromatic carbocycles. The predicted molar refractivity (Wildman–Crippen MR) is 141 cm³/mol. The third-order valence-corrected chi connectivity index (χ3v) is 5.95. The van der Waals surface area contributed by atoms with E-state index in [1.165, 1.54) is 18.0 Å². The van der Waals surface area contributed by atoms with Crippen LogP contribution in [0.25, 0.3) is 22.4 Å². The number of hydrogen-bond acceptors (Lipinski definition) is 7. The zero-order valence-electron chi connectivity index (χ0n) is 21.2. The van der Waals surface area contributed by atoms with E-state index in [0.29, 0.717) is 18.2 Å². The van der Waals surface area contributed by atoms with Gasteiger partial charge in [-0.1, -0.05) is 6.07 Å². The van der Waals surface area contributed by atoms with Gasteiger partial charge < -0.3 is 10.6 Å². The number of pyridine rings is 2. The van der Waals surface area contributed by atoms with E-state index < -0.39 is 11.9 Å². The Hall–Kier alpha value is -4.67. The van der Waals surface area contributed by atoms with Crippen molar-refractivity contribution in [2.45, 2.75) is 25.9 Å².